The highest BCUT2D eigenvalue weighted by atomic mass is 32.2. The Hall–Kier alpha value is -0.680. The molecule has 0 saturated heterocycles. The van der Waals surface area contributed by atoms with E-state index in [1.165, 1.54) is 0 Å². The van der Waals surface area contributed by atoms with Gasteiger partial charge in [-0.2, -0.15) is 5.10 Å². The molecule has 1 heterocycles. The third kappa shape index (κ3) is 3.64. The van der Waals surface area contributed by atoms with Crippen LogP contribution in [-0.2, 0) is 6.54 Å². The third-order valence-corrected chi connectivity index (χ3v) is 4.06. The quantitative estimate of drug-likeness (QED) is 0.760. The molecular weight excluding hydrogens is 232 g/mol. The maximum Gasteiger partial charge on any atom is 0.117 e. The van der Waals surface area contributed by atoms with E-state index >= 15 is 0 Å². The van der Waals surface area contributed by atoms with Gasteiger partial charge >= 0.3 is 0 Å². The summed E-state index contributed by atoms with van der Waals surface area (Å²) in [6.07, 6.45) is 0. The molecule has 0 atom stereocenters. The van der Waals surface area contributed by atoms with Gasteiger partial charge in [0.05, 0.1) is 11.4 Å². The molecule has 1 aromatic rings. The Morgan fingerprint density at radius 1 is 1.29 bits per heavy atom. The molecule has 0 saturated carbocycles. The van der Waals surface area contributed by atoms with Crippen molar-refractivity contribution >= 4 is 17.4 Å². The molecular formula is C12H24N4S. The first kappa shape index (κ1) is 14.4. The smallest absolute Gasteiger partial charge is 0.117 e. The summed E-state index contributed by atoms with van der Waals surface area (Å²) in [5.74, 6) is 1.07. The van der Waals surface area contributed by atoms with Crippen molar-refractivity contribution in [3.63, 3.8) is 0 Å². The van der Waals surface area contributed by atoms with E-state index in [4.69, 9.17) is 5.73 Å². The molecule has 1 rings (SSSR count). The fourth-order valence-corrected chi connectivity index (χ4v) is 2.92. The molecule has 0 aliphatic rings. The molecule has 0 aliphatic carbocycles. The molecule has 0 bridgehead atoms. The number of rotatable bonds is 7. The van der Waals surface area contributed by atoms with Crippen LogP contribution in [0.5, 0.6) is 0 Å². The Labute approximate surface area is 109 Å². The minimum absolute atomic E-state index is 0.844. The number of anilines is 1. The van der Waals surface area contributed by atoms with Gasteiger partial charge in [0, 0.05) is 18.8 Å². The number of hydrogen-bond acceptors (Lipinski definition) is 4. The summed E-state index contributed by atoms with van der Waals surface area (Å²) in [7, 11) is 0. The Bertz CT molecular complexity index is 345. The summed E-state index contributed by atoms with van der Waals surface area (Å²) in [5, 5.41) is 5.55. The number of nitrogens with zero attached hydrogens (tertiary/aromatic N) is 3. The Morgan fingerprint density at radius 3 is 2.47 bits per heavy atom. The summed E-state index contributed by atoms with van der Waals surface area (Å²) >= 11 is 1.81. The minimum atomic E-state index is 0.844. The van der Waals surface area contributed by atoms with Gasteiger partial charge in [-0.05, 0) is 26.9 Å². The van der Waals surface area contributed by atoms with Gasteiger partial charge in [-0.25, -0.2) is 0 Å². The van der Waals surface area contributed by atoms with Crippen molar-refractivity contribution in [2.24, 2.45) is 0 Å². The molecule has 2 N–H and O–H groups in total. The van der Waals surface area contributed by atoms with Crippen molar-refractivity contribution in [1.82, 2.24) is 14.7 Å². The fourth-order valence-electron chi connectivity index (χ4n) is 1.75. The fraction of sp³-hybridized carbons (Fsp3) is 0.750. The summed E-state index contributed by atoms with van der Waals surface area (Å²) in [6, 6.07) is 0. The second-order valence-electron chi connectivity index (χ2n) is 4.00. The van der Waals surface area contributed by atoms with E-state index in [-0.39, 0.29) is 0 Å². The van der Waals surface area contributed by atoms with E-state index < -0.39 is 0 Å². The van der Waals surface area contributed by atoms with E-state index in [0.29, 0.717) is 0 Å². The van der Waals surface area contributed by atoms with Crippen molar-refractivity contribution in [2.75, 3.05) is 31.1 Å². The first-order valence-electron chi connectivity index (χ1n) is 6.31. The largest absolute Gasteiger partial charge is 0.395 e. The zero-order valence-electron chi connectivity index (χ0n) is 11.4. The van der Waals surface area contributed by atoms with Gasteiger partial charge in [0.25, 0.3) is 0 Å². The lowest BCUT2D eigenvalue weighted by molar-refractivity contribution is 0.324. The third-order valence-electron chi connectivity index (χ3n) is 2.97. The standard InChI is InChI=1S/C12H24N4S/c1-5-15(6-2)8-9-17-12-11(13)10(4)14-16(12)7-3/h5-9,13H2,1-4H3. The maximum atomic E-state index is 6.04. The number of hydrogen-bond donors (Lipinski definition) is 1. The van der Waals surface area contributed by atoms with E-state index in [2.05, 4.69) is 30.8 Å². The molecule has 98 valence electrons. The van der Waals surface area contributed by atoms with Crippen LogP contribution in [0.25, 0.3) is 0 Å². The Balaban J connectivity index is 2.56. The van der Waals surface area contributed by atoms with Crippen molar-refractivity contribution < 1.29 is 0 Å². The molecule has 0 aliphatic heterocycles. The number of thioether (sulfide) groups is 1. The number of aromatic nitrogens is 2. The summed E-state index contributed by atoms with van der Waals surface area (Å²) in [5.41, 5.74) is 7.83. The van der Waals surface area contributed by atoms with Crippen LogP contribution in [0.2, 0.25) is 0 Å². The average molecular weight is 256 g/mol. The Kier molecular flexibility index (Phi) is 5.85. The topological polar surface area (TPSA) is 47.1 Å². The normalized spacial score (nSPS) is 11.4. The zero-order valence-corrected chi connectivity index (χ0v) is 12.2. The van der Waals surface area contributed by atoms with Crippen LogP contribution in [0.1, 0.15) is 26.5 Å². The number of nitrogen functional groups attached to an aromatic ring is 1. The van der Waals surface area contributed by atoms with E-state index in [1.807, 2.05) is 23.4 Å². The van der Waals surface area contributed by atoms with Crippen LogP contribution in [0.3, 0.4) is 0 Å². The van der Waals surface area contributed by atoms with Gasteiger partial charge in [0.2, 0.25) is 0 Å². The lowest BCUT2D eigenvalue weighted by Gasteiger charge is -2.17. The monoisotopic (exact) mass is 256 g/mol. The highest BCUT2D eigenvalue weighted by molar-refractivity contribution is 7.99. The highest BCUT2D eigenvalue weighted by Crippen LogP contribution is 2.27. The van der Waals surface area contributed by atoms with Crippen LogP contribution in [0, 0.1) is 6.92 Å². The SMILES string of the molecule is CCN(CC)CCSc1c(N)c(C)nn1CC. The van der Waals surface area contributed by atoms with Gasteiger partial charge in [-0.15, -0.1) is 11.8 Å². The number of nitrogens with two attached hydrogens (primary N) is 1. The zero-order chi connectivity index (χ0) is 12.8. The highest BCUT2D eigenvalue weighted by Gasteiger charge is 2.12. The molecule has 0 spiro atoms. The van der Waals surface area contributed by atoms with E-state index in [1.54, 1.807) is 0 Å². The molecule has 17 heavy (non-hydrogen) atoms. The molecule has 0 amide bonds. The van der Waals surface area contributed by atoms with Gasteiger partial charge in [0.15, 0.2) is 0 Å². The van der Waals surface area contributed by atoms with Gasteiger partial charge in [0.1, 0.15) is 5.03 Å². The summed E-state index contributed by atoms with van der Waals surface area (Å²) in [4.78, 5) is 2.42. The predicted molar refractivity (Wildman–Crippen MR) is 75.6 cm³/mol. The molecule has 0 fully saturated rings. The van der Waals surface area contributed by atoms with Crippen LogP contribution < -0.4 is 5.73 Å². The van der Waals surface area contributed by atoms with Crippen molar-refractivity contribution in [1.29, 1.82) is 0 Å². The van der Waals surface area contributed by atoms with Gasteiger partial charge in [-0.3, -0.25) is 4.68 Å². The molecule has 4 nitrogen and oxygen atoms in total. The first-order valence-corrected chi connectivity index (χ1v) is 7.30. The summed E-state index contributed by atoms with van der Waals surface area (Å²) in [6.45, 7) is 12.7. The molecule has 0 aromatic carbocycles. The molecule has 0 unspecified atom stereocenters. The average Bonchev–Trinajstić information content (AvgIpc) is 2.62. The van der Waals surface area contributed by atoms with Crippen LogP contribution >= 0.6 is 11.8 Å². The molecule has 5 heteroatoms. The lowest BCUT2D eigenvalue weighted by Crippen LogP contribution is -2.25. The maximum absolute atomic E-state index is 6.04. The van der Waals surface area contributed by atoms with E-state index in [9.17, 15) is 0 Å². The van der Waals surface area contributed by atoms with Crippen LogP contribution in [-0.4, -0.2) is 40.1 Å². The lowest BCUT2D eigenvalue weighted by atomic mass is 10.4. The van der Waals surface area contributed by atoms with Crippen molar-refractivity contribution in [3.05, 3.63) is 5.69 Å². The molecule has 1 aromatic heterocycles. The van der Waals surface area contributed by atoms with Gasteiger partial charge < -0.3 is 10.6 Å². The number of aryl methyl sites for hydroxylation is 2. The second-order valence-corrected chi connectivity index (χ2v) is 5.08. The van der Waals surface area contributed by atoms with Crippen LogP contribution in [0.15, 0.2) is 5.03 Å². The predicted octanol–water partition coefficient (Wildman–Crippen LogP) is 2.23. The second kappa shape index (κ2) is 6.91. The first-order chi connectivity index (χ1) is 8.13. The van der Waals surface area contributed by atoms with Gasteiger partial charge in [-0.1, -0.05) is 13.8 Å². The Morgan fingerprint density at radius 2 is 1.94 bits per heavy atom. The molecule has 0 radical (unpaired) electrons. The minimum Gasteiger partial charge on any atom is -0.395 e. The van der Waals surface area contributed by atoms with Crippen molar-refractivity contribution in [2.45, 2.75) is 39.3 Å². The summed E-state index contributed by atoms with van der Waals surface area (Å²) < 4.78 is 2.00. The van der Waals surface area contributed by atoms with Crippen molar-refractivity contribution in [3.8, 4) is 0 Å². The van der Waals surface area contributed by atoms with Crippen LogP contribution in [0.4, 0.5) is 5.69 Å². The van der Waals surface area contributed by atoms with E-state index in [0.717, 1.165) is 48.3 Å².